The summed E-state index contributed by atoms with van der Waals surface area (Å²) >= 11 is 17.7. The molecule has 0 aromatic heterocycles. The minimum absolute atomic E-state index is 0.131. The van der Waals surface area contributed by atoms with Gasteiger partial charge in [0.2, 0.25) is 9.84 Å². The van der Waals surface area contributed by atoms with Crippen molar-refractivity contribution in [3.05, 3.63) is 68.5 Å². The molecular weight excluding hydrogens is 339 g/mol. The number of halogens is 3. The van der Waals surface area contributed by atoms with E-state index in [9.17, 15) is 8.42 Å². The molecule has 0 fully saturated rings. The van der Waals surface area contributed by atoms with Gasteiger partial charge in [-0.3, -0.25) is 0 Å². The Balaban J connectivity index is 2.45. The van der Waals surface area contributed by atoms with Crippen LogP contribution in [0.15, 0.2) is 57.8 Å². The average Bonchev–Trinajstić information content (AvgIpc) is 2.42. The molecule has 2 rings (SSSR count). The second-order valence-corrected chi connectivity index (χ2v) is 7.32. The maximum Gasteiger partial charge on any atom is 0.217 e. The van der Waals surface area contributed by atoms with E-state index in [1.165, 1.54) is 24.3 Å². The van der Waals surface area contributed by atoms with Crippen molar-refractivity contribution < 1.29 is 8.42 Å². The standard InChI is InChI=1S/C14H9Cl3O2S/c15-11-7-6-10(13(16)9-11)8-14(17)20(18,19)12-4-2-1-3-5-12/h1-9H/b14-8+. The van der Waals surface area contributed by atoms with Crippen molar-refractivity contribution in [1.29, 1.82) is 0 Å². The largest absolute Gasteiger partial charge is 0.218 e. The van der Waals surface area contributed by atoms with Crippen LogP contribution in [0, 0.1) is 0 Å². The van der Waals surface area contributed by atoms with E-state index in [-0.39, 0.29) is 9.26 Å². The summed E-state index contributed by atoms with van der Waals surface area (Å²) in [6.07, 6.45) is 1.31. The number of rotatable bonds is 3. The Bertz CT molecular complexity index is 753. The van der Waals surface area contributed by atoms with Gasteiger partial charge in [-0.1, -0.05) is 59.1 Å². The molecule has 2 aromatic rings. The molecule has 0 amide bonds. The van der Waals surface area contributed by atoms with Gasteiger partial charge in [0.25, 0.3) is 0 Å². The molecule has 0 heterocycles. The zero-order valence-electron chi connectivity index (χ0n) is 10.1. The molecule has 0 saturated carbocycles. The van der Waals surface area contributed by atoms with Crippen molar-refractivity contribution in [2.75, 3.05) is 0 Å². The van der Waals surface area contributed by atoms with E-state index in [0.717, 1.165) is 0 Å². The van der Waals surface area contributed by atoms with Gasteiger partial charge in [-0.2, -0.15) is 0 Å². The molecule has 0 N–H and O–H groups in total. The highest BCUT2D eigenvalue weighted by atomic mass is 35.5. The molecule has 0 spiro atoms. The fourth-order valence-corrected chi connectivity index (χ4v) is 3.40. The molecular formula is C14H9Cl3O2S. The highest BCUT2D eigenvalue weighted by Crippen LogP contribution is 2.28. The molecule has 2 aromatic carbocycles. The maximum atomic E-state index is 12.2. The van der Waals surface area contributed by atoms with Crippen molar-refractivity contribution in [3.8, 4) is 0 Å². The maximum absolute atomic E-state index is 12.2. The van der Waals surface area contributed by atoms with E-state index < -0.39 is 9.84 Å². The normalized spacial score (nSPS) is 12.4. The smallest absolute Gasteiger partial charge is 0.217 e. The van der Waals surface area contributed by atoms with Crippen LogP contribution in [0.3, 0.4) is 0 Å². The third kappa shape index (κ3) is 3.36. The van der Waals surface area contributed by atoms with Gasteiger partial charge in [-0.25, -0.2) is 8.42 Å². The van der Waals surface area contributed by atoms with Crippen LogP contribution >= 0.6 is 34.8 Å². The fraction of sp³-hybridized carbons (Fsp3) is 0. The van der Waals surface area contributed by atoms with Crippen molar-refractivity contribution in [3.63, 3.8) is 0 Å². The molecule has 0 saturated heterocycles. The molecule has 0 atom stereocenters. The molecule has 0 aliphatic rings. The van der Waals surface area contributed by atoms with E-state index >= 15 is 0 Å². The van der Waals surface area contributed by atoms with E-state index in [1.54, 1.807) is 30.3 Å². The van der Waals surface area contributed by atoms with Crippen LogP contribution in [0.1, 0.15) is 5.56 Å². The third-order valence-electron chi connectivity index (χ3n) is 2.54. The molecule has 0 bridgehead atoms. The quantitative estimate of drug-likeness (QED) is 0.782. The molecule has 6 heteroatoms. The topological polar surface area (TPSA) is 34.1 Å². The SMILES string of the molecule is O=S(=O)(/C(Cl)=C/c1ccc(Cl)cc1Cl)c1ccccc1. The predicted molar refractivity (Wildman–Crippen MR) is 83.9 cm³/mol. The van der Waals surface area contributed by atoms with Gasteiger partial charge < -0.3 is 0 Å². The minimum Gasteiger partial charge on any atom is -0.218 e. The summed E-state index contributed by atoms with van der Waals surface area (Å²) in [5.41, 5.74) is 0.487. The first kappa shape index (κ1) is 15.4. The molecule has 2 nitrogen and oxygen atoms in total. The van der Waals surface area contributed by atoms with Gasteiger partial charge in [0.1, 0.15) is 4.36 Å². The lowest BCUT2D eigenvalue weighted by atomic mass is 10.2. The Labute approximate surface area is 132 Å². The van der Waals surface area contributed by atoms with Crippen molar-refractivity contribution in [2.24, 2.45) is 0 Å². The highest BCUT2D eigenvalue weighted by Gasteiger charge is 2.18. The van der Waals surface area contributed by atoms with E-state index in [0.29, 0.717) is 15.6 Å². The Kier molecular flexibility index (Phi) is 4.76. The zero-order valence-corrected chi connectivity index (χ0v) is 13.1. The van der Waals surface area contributed by atoms with Crippen LogP contribution in [-0.4, -0.2) is 8.42 Å². The summed E-state index contributed by atoms with van der Waals surface area (Å²) in [6, 6.07) is 12.7. The van der Waals surface area contributed by atoms with Gasteiger partial charge >= 0.3 is 0 Å². The van der Waals surface area contributed by atoms with E-state index in [1.807, 2.05) is 0 Å². The molecule has 104 valence electrons. The van der Waals surface area contributed by atoms with Crippen LogP contribution in [0.5, 0.6) is 0 Å². The van der Waals surface area contributed by atoms with Gasteiger partial charge in [0.15, 0.2) is 0 Å². The van der Waals surface area contributed by atoms with E-state index in [4.69, 9.17) is 34.8 Å². The molecule has 0 radical (unpaired) electrons. The predicted octanol–water partition coefficient (Wildman–Crippen LogP) is 5.00. The second-order valence-electron chi connectivity index (χ2n) is 3.93. The number of sulfone groups is 1. The summed E-state index contributed by atoms with van der Waals surface area (Å²) in [5.74, 6) is 0. The molecule has 20 heavy (non-hydrogen) atoms. The summed E-state index contributed by atoms with van der Waals surface area (Å²) in [7, 11) is -3.73. The van der Waals surface area contributed by atoms with Crippen molar-refractivity contribution in [1.82, 2.24) is 0 Å². The second kappa shape index (κ2) is 6.19. The van der Waals surface area contributed by atoms with Crippen molar-refractivity contribution in [2.45, 2.75) is 4.90 Å². The van der Waals surface area contributed by atoms with Gasteiger partial charge in [-0.15, -0.1) is 0 Å². The van der Waals surface area contributed by atoms with Gasteiger partial charge in [-0.05, 0) is 35.9 Å². The lowest BCUT2D eigenvalue weighted by molar-refractivity contribution is 0.604. The Hall–Kier alpha value is -1.00. The lowest BCUT2D eigenvalue weighted by Gasteiger charge is -2.04. The Morgan fingerprint density at radius 2 is 1.65 bits per heavy atom. The molecule has 0 aliphatic heterocycles. The summed E-state index contributed by atoms with van der Waals surface area (Å²) in [5, 5.41) is 0.799. The first-order valence-electron chi connectivity index (χ1n) is 5.53. The number of hydrogen-bond donors (Lipinski definition) is 0. The van der Waals surface area contributed by atoms with Gasteiger partial charge in [0, 0.05) is 10.0 Å². The summed E-state index contributed by atoms with van der Waals surface area (Å²) in [4.78, 5) is 0.131. The van der Waals surface area contributed by atoms with Crippen LogP contribution < -0.4 is 0 Å². The highest BCUT2D eigenvalue weighted by molar-refractivity contribution is 7.97. The average molecular weight is 348 g/mol. The fourth-order valence-electron chi connectivity index (χ4n) is 1.53. The summed E-state index contributed by atoms with van der Waals surface area (Å²) in [6.45, 7) is 0. The first-order valence-corrected chi connectivity index (χ1v) is 8.15. The van der Waals surface area contributed by atoms with Crippen molar-refractivity contribution >= 4 is 50.7 Å². The molecule has 0 unspecified atom stereocenters. The minimum atomic E-state index is -3.73. The zero-order chi connectivity index (χ0) is 14.8. The van der Waals surface area contributed by atoms with E-state index in [2.05, 4.69) is 0 Å². The first-order chi connectivity index (χ1) is 9.41. The van der Waals surface area contributed by atoms with Crippen LogP contribution in [0.2, 0.25) is 10.0 Å². The van der Waals surface area contributed by atoms with Gasteiger partial charge in [0.05, 0.1) is 4.90 Å². The third-order valence-corrected chi connectivity index (χ3v) is 5.35. The number of hydrogen-bond acceptors (Lipinski definition) is 2. The Morgan fingerprint density at radius 1 is 1.00 bits per heavy atom. The van der Waals surface area contributed by atoms with Crippen LogP contribution in [0.25, 0.3) is 6.08 Å². The number of benzene rings is 2. The lowest BCUT2D eigenvalue weighted by Crippen LogP contribution is -2.00. The Morgan fingerprint density at radius 3 is 2.25 bits per heavy atom. The monoisotopic (exact) mass is 346 g/mol. The van der Waals surface area contributed by atoms with Crippen LogP contribution in [-0.2, 0) is 9.84 Å². The van der Waals surface area contributed by atoms with Crippen LogP contribution in [0.4, 0.5) is 0 Å². The summed E-state index contributed by atoms with van der Waals surface area (Å²) < 4.78 is 24.2. The molecule has 0 aliphatic carbocycles.